The lowest BCUT2D eigenvalue weighted by molar-refractivity contribution is -0.123. The Labute approximate surface area is 163 Å². The van der Waals surface area contributed by atoms with E-state index in [0.29, 0.717) is 16.9 Å². The van der Waals surface area contributed by atoms with Gasteiger partial charge in [0.25, 0.3) is 5.91 Å². The van der Waals surface area contributed by atoms with E-state index in [1.54, 1.807) is 36.4 Å². The average molecular weight is 372 g/mol. The van der Waals surface area contributed by atoms with Gasteiger partial charge in [-0.2, -0.15) is 0 Å². The van der Waals surface area contributed by atoms with Gasteiger partial charge >= 0.3 is 0 Å². The summed E-state index contributed by atoms with van der Waals surface area (Å²) >= 11 is 0. The summed E-state index contributed by atoms with van der Waals surface area (Å²) in [6.07, 6.45) is 5.07. The molecule has 1 heterocycles. The zero-order valence-electron chi connectivity index (χ0n) is 15.5. The van der Waals surface area contributed by atoms with E-state index < -0.39 is 0 Å². The second-order valence-electron chi connectivity index (χ2n) is 7.88. The molecule has 2 aromatic carbocycles. The highest BCUT2D eigenvalue weighted by Crippen LogP contribution is 2.53. The van der Waals surface area contributed by atoms with Crippen LogP contribution in [0, 0.1) is 30.6 Å². The monoisotopic (exact) mass is 372 g/mol. The summed E-state index contributed by atoms with van der Waals surface area (Å²) in [5.74, 6) is -0.554. The van der Waals surface area contributed by atoms with Crippen LogP contribution in [0.25, 0.3) is 0 Å². The summed E-state index contributed by atoms with van der Waals surface area (Å²) < 4.78 is 0. The van der Waals surface area contributed by atoms with Crippen LogP contribution >= 0.6 is 0 Å². The fourth-order valence-electron chi connectivity index (χ4n) is 4.79. The highest BCUT2D eigenvalue weighted by atomic mass is 16.2. The summed E-state index contributed by atoms with van der Waals surface area (Å²) in [6.45, 7) is 1.96. The van der Waals surface area contributed by atoms with Crippen molar-refractivity contribution in [3.63, 3.8) is 0 Å². The van der Waals surface area contributed by atoms with E-state index >= 15 is 0 Å². The summed E-state index contributed by atoms with van der Waals surface area (Å²) in [5.41, 5.74) is 2.72. The summed E-state index contributed by atoms with van der Waals surface area (Å²) in [4.78, 5) is 39.7. The fraction of sp³-hybridized carbons (Fsp3) is 0.261. The molecule has 140 valence electrons. The van der Waals surface area contributed by atoms with Gasteiger partial charge < -0.3 is 5.32 Å². The fourth-order valence-corrected chi connectivity index (χ4v) is 4.79. The number of carbonyl (C=O) groups excluding carboxylic acids is 3. The van der Waals surface area contributed by atoms with Crippen molar-refractivity contribution < 1.29 is 14.4 Å². The van der Waals surface area contributed by atoms with Gasteiger partial charge in [0.15, 0.2) is 0 Å². The van der Waals surface area contributed by atoms with Gasteiger partial charge in [-0.1, -0.05) is 35.9 Å². The van der Waals surface area contributed by atoms with Crippen molar-refractivity contribution >= 4 is 29.1 Å². The van der Waals surface area contributed by atoms with E-state index in [-0.39, 0.29) is 41.4 Å². The van der Waals surface area contributed by atoms with Gasteiger partial charge in [-0.3, -0.25) is 14.4 Å². The molecule has 1 saturated heterocycles. The number of benzene rings is 2. The number of rotatable bonds is 3. The van der Waals surface area contributed by atoms with Crippen molar-refractivity contribution in [1.29, 1.82) is 0 Å². The molecule has 3 amide bonds. The first-order valence-electron chi connectivity index (χ1n) is 9.57. The number of imide groups is 1. The molecular weight excluding hydrogens is 352 g/mol. The Kier molecular flexibility index (Phi) is 3.72. The number of hydrogen-bond acceptors (Lipinski definition) is 3. The van der Waals surface area contributed by atoms with E-state index in [2.05, 4.69) is 17.5 Å². The average Bonchev–Trinajstić information content (AvgIpc) is 3.36. The van der Waals surface area contributed by atoms with Gasteiger partial charge in [0.1, 0.15) is 0 Å². The molecule has 3 aliphatic rings. The van der Waals surface area contributed by atoms with Gasteiger partial charge in [0.05, 0.1) is 17.5 Å². The minimum atomic E-state index is -0.228. The first-order chi connectivity index (χ1) is 13.5. The SMILES string of the molecule is Cc1ccc(C(=O)Nc2cccc(N3C(=O)[C@@H]4[C@H](C3=O)[C@H]3C=C[C@H]4C3)c2)cc1. The van der Waals surface area contributed by atoms with Crippen LogP contribution in [0.5, 0.6) is 0 Å². The predicted molar refractivity (Wildman–Crippen MR) is 106 cm³/mol. The van der Waals surface area contributed by atoms with Crippen molar-refractivity contribution in [3.8, 4) is 0 Å². The quantitative estimate of drug-likeness (QED) is 0.662. The second-order valence-corrected chi connectivity index (χ2v) is 7.88. The Morgan fingerprint density at radius 2 is 1.61 bits per heavy atom. The minimum absolute atomic E-state index is 0.117. The number of aryl methyl sites for hydroxylation is 1. The topological polar surface area (TPSA) is 66.5 Å². The number of fused-ring (bicyclic) bond motifs is 5. The molecule has 5 heteroatoms. The molecule has 0 aromatic heterocycles. The maximum Gasteiger partial charge on any atom is 0.255 e. The minimum Gasteiger partial charge on any atom is -0.322 e. The van der Waals surface area contributed by atoms with Crippen molar-refractivity contribution in [2.45, 2.75) is 13.3 Å². The number of allylic oxidation sites excluding steroid dienone is 2. The first kappa shape index (κ1) is 16.9. The largest absolute Gasteiger partial charge is 0.322 e. The van der Waals surface area contributed by atoms with E-state index in [1.807, 2.05) is 19.1 Å². The van der Waals surface area contributed by atoms with Crippen LogP contribution in [0.4, 0.5) is 11.4 Å². The number of carbonyl (C=O) groups is 3. The van der Waals surface area contributed by atoms with E-state index in [9.17, 15) is 14.4 Å². The lowest BCUT2D eigenvalue weighted by Gasteiger charge is -2.18. The Bertz CT molecular complexity index is 994. The van der Waals surface area contributed by atoms with Crippen LogP contribution in [0.2, 0.25) is 0 Å². The van der Waals surface area contributed by atoms with Crippen LogP contribution < -0.4 is 10.2 Å². The molecule has 1 saturated carbocycles. The van der Waals surface area contributed by atoms with Gasteiger partial charge in [0, 0.05) is 11.3 Å². The second kappa shape index (κ2) is 6.16. The van der Waals surface area contributed by atoms with Gasteiger partial charge in [0.2, 0.25) is 11.8 Å². The molecule has 1 aliphatic heterocycles. The number of hydrogen-bond donors (Lipinski definition) is 1. The third kappa shape index (κ3) is 2.50. The van der Waals surface area contributed by atoms with Crippen molar-refractivity contribution in [2.24, 2.45) is 23.7 Å². The maximum atomic E-state index is 13.0. The molecular formula is C23H20N2O3. The molecule has 5 rings (SSSR count). The van der Waals surface area contributed by atoms with Crippen molar-refractivity contribution in [1.82, 2.24) is 0 Å². The first-order valence-corrected chi connectivity index (χ1v) is 9.57. The van der Waals surface area contributed by atoms with E-state index in [1.165, 1.54) is 4.90 Å². The highest BCUT2D eigenvalue weighted by Gasteiger charge is 2.59. The van der Waals surface area contributed by atoms with Crippen LogP contribution in [0.15, 0.2) is 60.7 Å². The van der Waals surface area contributed by atoms with Crippen LogP contribution in [0.1, 0.15) is 22.3 Å². The Morgan fingerprint density at radius 1 is 0.964 bits per heavy atom. The maximum absolute atomic E-state index is 13.0. The Morgan fingerprint density at radius 3 is 2.25 bits per heavy atom. The summed E-state index contributed by atoms with van der Waals surface area (Å²) in [6, 6.07) is 14.3. The normalized spacial score (nSPS) is 27.4. The molecule has 0 radical (unpaired) electrons. The van der Waals surface area contributed by atoms with Crippen molar-refractivity contribution in [3.05, 3.63) is 71.8 Å². The van der Waals surface area contributed by atoms with Gasteiger partial charge in [-0.05, 0) is 55.5 Å². The molecule has 2 aliphatic carbocycles. The molecule has 1 N–H and O–H groups in total. The number of amides is 3. The molecule has 2 aromatic rings. The predicted octanol–water partition coefficient (Wildman–Crippen LogP) is 3.56. The lowest BCUT2D eigenvalue weighted by atomic mass is 9.85. The molecule has 28 heavy (non-hydrogen) atoms. The van der Waals surface area contributed by atoms with Crippen molar-refractivity contribution in [2.75, 3.05) is 10.2 Å². The zero-order valence-corrected chi connectivity index (χ0v) is 15.5. The van der Waals surface area contributed by atoms with Crippen LogP contribution in [0.3, 0.4) is 0 Å². The Hall–Kier alpha value is -3.21. The summed E-state index contributed by atoms with van der Waals surface area (Å²) in [5, 5.41) is 2.85. The molecule has 2 bridgehead atoms. The zero-order chi connectivity index (χ0) is 19.4. The Balaban J connectivity index is 1.39. The molecule has 4 atom stereocenters. The van der Waals surface area contributed by atoms with Gasteiger partial charge in [-0.15, -0.1) is 0 Å². The molecule has 0 spiro atoms. The summed E-state index contributed by atoms with van der Waals surface area (Å²) in [7, 11) is 0. The third-order valence-corrected chi connectivity index (χ3v) is 6.15. The third-order valence-electron chi connectivity index (χ3n) is 6.15. The van der Waals surface area contributed by atoms with Gasteiger partial charge in [-0.25, -0.2) is 4.90 Å². The van der Waals surface area contributed by atoms with E-state index in [0.717, 1.165) is 12.0 Å². The number of nitrogens with zero attached hydrogens (tertiary/aromatic N) is 1. The standard InChI is InChI=1S/C23H20N2O3/c1-13-5-7-14(8-6-13)21(26)24-17-3-2-4-18(12-17)25-22(27)19-15-9-10-16(11-15)20(19)23(25)28/h2-10,12,15-16,19-20H,11H2,1H3,(H,24,26)/t15-,16-,19-,20+/m0/s1. The number of nitrogens with one attached hydrogen (secondary N) is 1. The van der Waals surface area contributed by atoms with Crippen LogP contribution in [-0.4, -0.2) is 17.7 Å². The smallest absolute Gasteiger partial charge is 0.255 e. The molecule has 0 unspecified atom stereocenters. The molecule has 2 fully saturated rings. The van der Waals surface area contributed by atoms with Crippen LogP contribution in [-0.2, 0) is 9.59 Å². The molecule has 5 nitrogen and oxygen atoms in total. The highest BCUT2D eigenvalue weighted by molar-refractivity contribution is 6.23. The number of anilines is 2. The van der Waals surface area contributed by atoms with E-state index in [4.69, 9.17) is 0 Å². The lowest BCUT2D eigenvalue weighted by Crippen LogP contribution is -2.32.